The number of unbranched alkanes of at least 4 members (excludes halogenated alkanes) is 1. The predicted octanol–water partition coefficient (Wildman–Crippen LogP) is 4.98. The number of hydrogen-bond acceptors (Lipinski definition) is 1. The smallest absolute Gasteiger partial charge is 0.270 e. The second-order valence-electron chi connectivity index (χ2n) is 7.04. The third-order valence-corrected chi connectivity index (χ3v) is 5.08. The Labute approximate surface area is 150 Å². The lowest BCUT2D eigenvalue weighted by Gasteiger charge is -2.21. The molecule has 2 heterocycles. The highest BCUT2D eigenvalue weighted by Crippen LogP contribution is 2.33. The van der Waals surface area contributed by atoms with Crippen LogP contribution in [0.25, 0.3) is 21.9 Å². The molecule has 0 saturated carbocycles. The standard InChI is InChI=1S/C21H29N3O/c1-6-8-13-23(7-2)21(25)19-14-18-20(22(19)5)16-11-9-10-12-17(16)24(18)15(3)4/h9-12,14-15H,6-8,13H2,1-5H3. The molecule has 4 nitrogen and oxygen atoms in total. The van der Waals surface area contributed by atoms with Crippen LogP contribution in [0.15, 0.2) is 30.3 Å². The number of fused-ring (bicyclic) bond motifs is 3. The van der Waals surface area contributed by atoms with E-state index in [1.54, 1.807) is 0 Å². The normalized spacial score (nSPS) is 11.8. The Balaban J connectivity index is 2.17. The number of rotatable bonds is 6. The average molecular weight is 339 g/mol. The molecule has 0 spiro atoms. The minimum atomic E-state index is 0.133. The molecule has 25 heavy (non-hydrogen) atoms. The number of carbonyl (C=O) groups excluding carboxylic acids is 1. The van der Waals surface area contributed by atoms with Crippen LogP contribution in [-0.2, 0) is 7.05 Å². The van der Waals surface area contributed by atoms with Gasteiger partial charge in [-0.2, -0.15) is 0 Å². The van der Waals surface area contributed by atoms with E-state index in [0.29, 0.717) is 6.04 Å². The van der Waals surface area contributed by atoms with Gasteiger partial charge in [0.15, 0.2) is 0 Å². The van der Waals surface area contributed by atoms with E-state index in [1.807, 2.05) is 11.9 Å². The Morgan fingerprint density at radius 2 is 1.88 bits per heavy atom. The quantitative estimate of drug-likeness (QED) is 0.623. The first-order valence-corrected chi connectivity index (χ1v) is 9.38. The van der Waals surface area contributed by atoms with Gasteiger partial charge in [-0.3, -0.25) is 4.79 Å². The average Bonchev–Trinajstić information content (AvgIpc) is 3.10. The number of hydrogen-bond donors (Lipinski definition) is 0. The van der Waals surface area contributed by atoms with Crippen LogP contribution in [-0.4, -0.2) is 33.0 Å². The van der Waals surface area contributed by atoms with Crippen molar-refractivity contribution in [1.82, 2.24) is 14.0 Å². The Kier molecular flexibility index (Phi) is 4.89. The van der Waals surface area contributed by atoms with Gasteiger partial charge in [-0.25, -0.2) is 0 Å². The summed E-state index contributed by atoms with van der Waals surface area (Å²) in [5, 5.41) is 1.21. The molecule has 3 rings (SSSR count). The van der Waals surface area contributed by atoms with Crippen molar-refractivity contribution in [3.63, 3.8) is 0 Å². The minimum absolute atomic E-state index is 0.133. The van der Waals surface area contributed by atoms with Gasteiger partial charge in [-0.05, 0) is 39.3 Å². The molecule has 0 atom stereocenters. The number of aryl methyl sites for hydroxylation is 1. The summed E-state index contributed by atoms with van der Waals surface area (Å²) in [6.45, 7) is 10.2. The van der Waals surface area contributed by atoms with Crippen molar-refractivity contribution in [2.45, 2.75) is 46.6 Å². The van der Waals surface area contributed by atoms with Crippen molar-refractivity contribution >= 4 is 27.8 Å². The monoisotopic (exact) mass is 339 g/mol. The molecule has 1 amide bonds. The molecule has 1 aromatic carbocycles. The van der Waals surface area contributed by atoms with Gasteiger partial charge in [0.25, 0.3) is 5.91 Å². The molecule has 4 heteroatoms. The number of carbonyl (C=O) groups is 1. The topological polar surface area (TPSA) is 30.2 Å². The molecule has 0 aliphatic rings. The highest BCUT2D eigenvalue weighted by atomic mass is 16.2. The maximum Gasteiger partial charge on any atom is 0.270 e. The molecule has 0 aliphatic carbocycles. The summed E-state index contributed by atoms with van der Waals surface area (Å²) < 4.78 is 4.41. The van der Waals surface area contributed by atoms with Crippen molar-refractivity contribution in [2.75, 3.05) is 13.1 Å². The summed E-state index contributed by atoms with van der Waals surface area (Å²) in [6.07, 6.45) is 2.15. The fourth-order valence-electron chi connectivity index (χ4n) is 3.78. The van der Waals surface area contributed by atoms with Crippen LogP contribution < -0.4 is 0 Å². The SMILES string of the molecule is CCCCN(CC)C(=O)c1cc2c(c3ccccc3n2C(C)C)n1C. The first-order valence-electron chi connectivity index (χ1n) is 9.38. The Hall–Kier alpha value is -2.23. The zero-order valence-electron chi connectivity index (χ0n) is 16.0. The van der Waals surface area contributed by atoms with E-state index in [-0.39, 0.29) is 5.91 Å². The van der Waals surface area contributed by atoms with Crippen LogP contribution in [0.5, 0.6) is 0 Å². The van der Waals surface area contributed by atoms with Crippen molar-refractivity contribution < 1.29 is 4.79 Å². The number of para-hydroxylation sites is 1. The van der Waals surface area contributed by atoms with E-state index in [1.165, 1.54) is 10.9 Å². The zero-order chi connectivity index (χ0) is 18.1. The van der Waals surface area contributed by atoms with Crippen LogP contribution in [0.1, 0.15) is 57.1 Å². The third-order valence-electron chi connectivity index (χ3n) is 5.08. The van der Waals surface area contributed by atoms with Gasteiger partial charge in [0.2, 0.25) is 0 Å². The van der Waals surface area contributed by atoms with Crippen molar-refractivity contribution in [3.05, 3.63) is 36.0 Å². The molecular formula is C21H29N3O. The molecule has 0 aliphatic heterocycles. The maximum atomic E-state index is 13.1. The number of nitrogens with zero attached hydrogens (tertiary/aromatic N) is 3. The molecule has 2 aromatic heterocycles. The summed E-state index contributed by atoms with van der Waals surface area (Å²) in [6, 6.07) is 10.9. The number of amides is 1. The summed E-state index contributed by atoms with van der Waals surface area (Å²) in [5.41, 5.74) is 4.31. The fraction of sp³-hybridized carbons (Fsp3) is 0.476. The summed E-state index contributed by atoms with van der Waals surface area (Å²) in [4.78, 5) is 15.0. The number of benzene rings is 1. The number of aromatic nitrogens is 2. The molecule has 0 radical (unpaired) electrons. The summed E-state index contributed by atoms with van der Waals surface area (Å²) in [7, 11) is 2.01. The van der Waals surface area contributed by atoms with E-state index < -0.39 is 0 Å². The molecule has 0 saturated heterocycles. The Morgan fingerprint density at radius 1 is 1.16 bits per heavy atom. The first kappa shape index (κ1) is 17.6. The second-order valence-corrected chi connectivity index (χ2v) is 7.04. The third kappa shape index (κ3) is 2.84. The van der Waals surface area contributed by atoms with E-state index in [4.69, 9.17) is 0 Å². The highest BCUT2D eigenvalue weighted by molar-refractivity contribution is 6.10. The molecule has 0 bridgehead atoms. The van der Waals surface area contributed by atoms with Gasteiger partial charge >= 0.3 is 0 Å². The van der Waals surface area contributed by atoms with Crippen LogP contribution in [0.4, 0.5) is 0 Å². The van der Waals surface area contributed by atoms with Gasteiger partial charge in [0, 0.05) is 31.6 Å². The van der Waals surface area contributed by atoms with Crippen molar-refractivity contribution in [2.24, 2.45) is 7.05 Å². The lowest BCUT2D eigenvalue weighted by atomic mass is 10.2. The molecule has 0 unspecified atom stereocenters. The van der Waals surface area contributed by atoms with Crippen LogP contribution in [0.3, 0.4) is 0 Å². The Bertz CT molecular complexity index is 901. The van der Waals surface area contributed by atoms with E-state index >= 15 is 0 Å². The van der Waals surface area contributed by atoms with Gasteiger partial charge in [0.1, 0.15) is 5.69 Å². The zero-order valence-corrected chi connectivity index (χ0v) is 16.0. The molecule has 0 N–H and O–H groups in total. The van der Waals surface area contributed by atoms with Gasteiger partial charge in [-0.15, -0.1) is 0 Å². The summed E-state index contributed by atoms with van der Waals surface area (Å²) >= 11 is 0. The van der Waals surface area contributed by atoms with E-state index in [2.05, 4.69) is 67.2 Å². The fourth-order valence-corrected chi connectivity index (χ4v) is 3.78. The largest absolute Gasteiger partial charge is 0.338 e. The van der Waals surface area contributed by atoms with E-state index in [9.17, 15) is 4.79 Å². The lowest BCUT2D eigenvalue weighted by Crippen LogP contribution is -2.32. The van der Waals surface area contributed by atoms with Gasteiger partial charge in [-0.1, -0.05) is 31.5 Å². The first-order chi connectivity index (χ1) is 12.0. The second kappa shape index (κ2) is 6.95. The van der Waals surface area contributed by atoms with Crippen LogP contribution >= 0.6 is 0 Å². The van der Waals surface area contributed by atoms with Crippen LogP contribution in [0, 0.1) is 0 Å². The summed E-state index contributed by atoms with van der Waals surface area (Å²) in [5.74, 6) is 0.133. The van der Waals surface area contributed by atoms with Crippen LogP contribution in [0.2, 0.25) is 0 Å². The highest BCUT2D eigenvalue weighted by Gasteiger charge is 2.23. The Morgan fingerprint density at radius 3 is 2.52 bits per heavy atom. The van der Waals surface area contributed by atoms with Crippen molar-refractivity contribution in [3.8, 4) is 0 Å². The minimum Gasteiger partial charge on any atom is -0.338 e. The van der Waals surface area contributed by atoms with Gasteiger partial charge < -0.3 is 14.0 Å². The maximum absolute atomic E-state index is 13.1. The van der Waals surface area contributed by atoms with Gasteiger partial charge in [0.05, 0.1) is 16.6 Å². The van der Waals surface area contributed by atoms with E-state index in [0.717, 1.165) is 42.7 Å². The molecule has 0 fully saturated rings. The molecule has 134 valence electrons. The molecule has 3 aromatic rings. The molecular weight excluding hydrogens is 310 g/mol. The predicted molar refractivity (Wildman–Crippen MR) is 105 cm³/mol. The lowest BCUT2D eigenvalue weighted by molar-refractivity contribution is 0.0753. The van der Waals surface area contributed by atoms with Crippen molar-refractivity contribution in [1.29, 1.82) is 0 Å².